The fourth-order valence-corrected chi connectivity index (χ4v) is 1.16. The molecular formula is C10H10Cl3NO. The Morgan fingerprint density at radius 2 is 1.80 bits per heavy atom. The number of benzene rings is 1. The molecule has 0 saturated heterocycles. The van der Waals surface area contributed by atoms with Crippen molar-refractivity contribution in [2.75, 3.05) is 6.61 Å². The summed E-state index contributed by atoms with van der Waals surface area (Å²) < 4.78 is 3.23. The Kier molecular flexibility index (Phi) is 4.71. The van der Waals surface area contributed by atoms with Gasteiger partial charge < -0.3 is 4.74 Å². The van der Waals surface area contributed by atoms with Gasteiger partial charge in [0, 0.05) is 6.42 Å². The van der Waals surface area contributed by atoms with Gasteiger partial charge in [-0.05, 0) is 5.56 Å². The van der Waals surface area contributed by atoms with E-state index in [1.165, 1.54) is 0 Å². The molecule has 1 aromatic carbocycles. The summed E-state index contributed by atoms with van der Waals surface area (Å²) in [6.07, 6.45) is 0.684. The van der Waals surface area contributed by atoms with Crippen LogP contribution in [-0.2, 0) is 11.2 Å². The quantitative estimate of drug-likeness (QED) is 0.506. The summed E-state index contributed by atoms with van der Waals surface area (Å²) in [6, 6.07) is 9.77. The molecule has 0 saturated carbocycles. The van der Waals surface area contributed by atoms with E-state index in [0.29, 0.717) is 13.0 Å². The lowest BCUT2D eigenvalue weighted by Crippen LogP contribution is -2.22. The molecular weight excluding hydrogens is 256 g/mol. The monoisotopic (exact) mass is 265 g/mol. The molecule has 0 aliphatic heterocycles. The molecule has 2 nitrogen and oxygen atoms in total. The van der Waals surface area contributed by atoms with Gasteiger partial charge in [0.2, 0.25) is 5.90 Å². The predicted octanol–water partition coefficient (Wildman–Crippen LogP) is 3.59. The van der Waals surface area contributed by atoms with E-state index in [4.69, 9.17) is 44.9 Å². The van der Waals surface area contributed by atoms with Gasteiger partial charge in [-0.2, -0.15) is 0 Å². The predicted molar refractivity (Wildman–Crippen MR) is 64.1 cm³/mol. The zero-order valence-corrected chi connectivity index (χ0v) is 10.1. The van der Waals surface area contributed by atoms with Gasteiger partial charge in [0.25, 0.3) is 3.79 Å². The maximum Gasteiger partial charge on any atom is 0.265 e. The van der Waals surface area contributed by atoms with E-state index < -0.39 is 3.79 Å². The highest BCUT2D eigenvalue weighted by Crippen LogP contribution is 2.27. The number of halogens is 3. The lowest BCUT2D eigenvalue weighted by atomic mass is 10.2. The van der Waals surface area contributed by atoms with Crippen molar-refractivity contribution in [2.24, 2.45) is 0 Å². The van der Waals surface area contributed by atoms with E-state index in [2.05, 4.69) is 0 Å². The molecule has 5 heteroatoms. The fraction of sp³-hybridized carbons (Fsp3) is 0.300. The van der Waals surface area contributed by atoms with Crippen LogP contribution in [0.2, 0.25) is 0 Å². The lowest BCUT2D eigenvalue weighted by Gasteiger charge is -2.13. The van der Waals surface area contributed by atoms with E-state index in [0.717, 1.165) is 5.56 Å². The molecule has 0 unspecified atom stereocenters. The van der Waals surface area contributed by atoms with Gasteiger partial charge >= 0.3 is 0 Å². The molecule has 0 aliphatic carbocycles. The molecule has 0 heterocycles. The number of rotatable bonds is 3. The maximum absolute atomic E-state index is 7.29. The fourth-order valence-electron chi connectivity index (χ4n) is 0.997. The van der Waals surface area contributed by atoms with Gasteiger partial charge in [0.1, 0.15) is 0 Å². The van der Waals surface area contributed by atoms with Crippen molar-refractivity contribution < 1.29 is 4.74 Å². The Morgan fingerprint density at radius 3 is 2.33 bits per heavy atom. The molecule has 1 N–H and O–H groups in total. The first-order valence-electron chi connectivity index (χ1n) is 4.32. The molecule has 0 aromatic heterocycles. The van der Waals surface area contributed by atoms with Crippen molar-refractivity contribution >= 4 is 40.7 Å². The summed E-state index contributed by atoms with van der Waals surface area (Å²) in [6.45, 7) is 0.330. The van der Waals surface area contributed by atoms with Crippen LogP contribution in [0.15, 0.2) is 30.3 Å². The Balaban J connectivity index is 2.32. The molecule has 0 atom stereocenters. The van der Waals surface area contributed by atoms with E-state index in [9.17, 15) is 0 Å². The highest BCUT2D eigenvalue weighted by molar-refractivity contribution is 6.76. The smallest absolute Gasteiger partial charge is 0.265 e. The molecule has 0 aliphatic rings. The average Bonchev–Trinajstić information content (AvgIpc) is 2.18. The summed E-state index contributed by atoms with van der Waals surface area (Å²) in [5.41, 5.74) is 1.12. The first-order valence-corrected chi connectivity index (χ1v) is 5.46. The second-order valence-electron chi connectivity index (χ2n) is 2.91. The highest BCUT2D eigenvalue weighted by atomic mass is 35.6. The summed E-state index contributed by atoms with van der Waals surface area (Å²) in [4.78, 5) is 0. The van der Waals surface area contributed by atoms with E-state index in [-0.39, 0.29) is 5.90 Å². The molecule has 0 bridgehead atoms. The Morgan fingerprint density at radius 1 is 1.20 bits per heavy atom. The van der Waals surface area contributed by atoms with Gasteiger partial charge in [-0.3, -0.25) is 5.41 Å². The number of nitrogens with one attached hydrogen (secondary N) is 1. The minimum absolute atomic E-state index is 0.330. The first kappa shape index (κ1) is 12.6. The van der Waals surface area contributed by atoms with Crippen LogP contribution in [0.25, 0.3) is 0 Å². The van der Waals surface area contributed by atoms with Crippen molar-refractivity contribution in [2.45, 2.75) is 10.2 Å². The Hall–Kier alpha value is -0.440. The summed E-state index contributed by atoms with van der Waals surface area (Å²) in [5, 5.41) is 7.29. The zero-order valence-electron chi connectivity index (χ0n) is 7.84. The van der Waals surface area contributed by atoms with Crippen LogP contribution in [0.3, 0.4) is 0 Å². The van der Waals surface area contributed by atoms with Crippen LogP contribution in [0.5, 0.6) is 0 Å². The van der Waals surface area contributed by atoms with Gasteiger partial charge in [-0.25, -0.2) is 0 Å². The van der Waals surface area contributed by atoms with E-state index in [1.807, 2.05) is 30.3 Å². The molecule has 82 valence electrons. The third-order valence-corrected chi connectivity index (χ3v) is 2.25. The molecule has 1 rings (SSSR count). The van der Waals surface area contributed by atoms with Crippen LogP contribution >= 0.6 is 34.8 Å². The molecule has 0 fully saturated rings. The normalized spacial score (nSPS) is 11.1. The van der Waals surface area contributed by atoms with Gasteiger partial charge in [-0.15, -0.1) is 0 Å². The van der Waals surface area contributed by atoms with Crippen LogP contribution in [0.1, 0.15) is 5.56 Å². The van der Waals surface area contributed by atoms with E-state index in [1.54, 1.807) is 0 Å². The SMILES string of the molecule is N=C(OCCc1ccccc1)C(Cl)(Cl)Cl. The summed E-state index contributed by atoms with van der Waals surface area (Å²) >= 11 is 16.3. The standard InChI is InChI=1S/C10H10Cl3NO/c11-10(12,13)9(14)15-7-6-8-4-2-1-3-5-8/h1-5,14H,6-7H2. The molecule has 15 heavy (non-hydrogen) atoms. The molecule has 0 spiro atoms. The Labute approximate surface area is 104 Å². The Bertz CT molecular complexity index is 321. The lowest BCUT2D eigenvalue weighted by molar-refractivity contribution is 0.300. The van der Waals surface area contributed by atoms with E-state index >= 15 is 0 Å². The summed E-state index contributed by atoms with van der Waals surface area (Å²) in [5.74, 6) is -0.344. The van der Waals surface area contributed by atoms with Gasteiger partial charge in [-0.1, -0.05) is 65.1 Å². The van der Waals surface area contributed by atoms with Crippen LogP contribution in [-0.4, -0.2) is 16.3 Å². The van der Waals surface area contributed by atoms with Crippen molar-refractivity contribution in [3.63, 3.8) is 0 Å². The van der Waals surface area contributed by atoms with Crippen LogP contribution in [0.4, 0.5) is 0 Å². The van der Waals surface area contributed by atoms with Crippen molar-refractivity contribution in [1.29, 1.82) is 5.41 Å². The number of hydrogen-bond acceptors (Lipinski definition) is 2. The number of hydrogen-bond donors (Lipinski definition) is 1. The summed E-state index contributed by atoms with van der Waals surface area (Å²) in [7, 11) is 0. The minimum Gasteiger partial charge on any atom is -0.478 e. The topological polar surface area (TPSA) is 33.1 Å². The van der Waals surface area contributed by atoms with Crippen LogP contribution in [0, 0.1) is 5.41 Å². The van der Waals surface area contributed by atoms with Gasteiger partial charge in [0.05, 0.1) is 6.61 Å². The maximum atomic E-state index is 7.29. The second-order valence-corrected chi connectivity index (χ2v) is 5.19. The molecule has 0 radical (unpaired) electrons. The highest BCUT2D eigenvalue weighted by Gasteiger charge is 2.28. The minimum atomic E-state index is -1.77. The molecule has 1 aromatic rings. The largest absolute Gasteiger partial charge is 0.478 e. The van der Waals surface area contributed by atoms with Crippen molar-refractivity contribution in [3.8, 4) is 0 Å². The third kappa shape index (κ3) is 4.74. The average molecular weight is 267 g/mol. The molecule has 0 amide bonds. The third-order valence-electron chi connectivity index (χ3n) is 1.74. The zero-order chi connectivity index (χ0) is 11.3. The van der Waals surface area contributed by atoms with Crippen molar-refractivity contribution in [1.82, 2.24) is 0 Å². The van der Waals surface area contributed by atoms with Crippen molar-refractivity contribution in [3.05, 3.63) is 35.9 Å². The number of ether oxygens (including phenoxy) is 1. The number of alkyl halides is 3. The first-order chi connectivity index (χ1) is 7.00. The second kappa shape index (κ2) is 5.59. The van der Waals surface area contributed by atoms with Gasteiger partial charge in [0.15, 0.2) is 0 Å². The van der Waals surface area contributed by atoms with Crippen LogP contribution < -0.4 is 0 Å².